The minimum atomic E-state index is -0.233. The van der Waals surface area contributed by atoms with Gasteiger partial charge in [0, 0.05) is 36.6 Å². The number of amides is 1. The van der Waals surface area contributed by atoms with Gasteiger partial charge in [0.15, 0.2) is 5.78 Å². The van der Waals surface area contributed by atoms with Gasteiger partial charge in [-0.15, -0.1) is 0 Å². The van der Waals surface area contributed by atoms with E-state index in [1.165, 1.54) is 17.7 Å². The Labute approximate surface area is 193 Å². The van der Waals surface area contributed by atoms with Crippen LogP contribution in [0.5, 0.6) is 5.75 Å². The van der Waals surface area contributed by atoms with Crippen molar-refractivity contribution in [3.8, 4) is 5.75 Å². The van der Waals surface area contributed by atoms with Crippen LogP contribution >= 0.6 is 0 Å². The Hall–Kier alpha value is -3.47. The van der Waals surface area contributed by atoms with Gasteiger partial charge in [0.05, 0.1) is 0 Å². The number of carbonyl (C=O) groups excluding carboxylic acids is 2. The molecule has 1 atom stereocenters. The summed E-state index contributed by atoms with van der Waals surface area (Å²) in [6, 6.07) is 22.5. The van der Waals surface area contributed by atoms with Crippen molar-refractivity contribution < 1.29 is 18.7 Å². The second-order valence-electron chi connectivity index (χ2n) is 8.90. The third kappa shape index (κ3) is 4.54. The summed E-state index contributed by atoms with van der Waals surface area (Å²) in [5.41, 5.74) is 3.70. The molecule has 0 unspecified atom stereocenters. The number of halogens is 1. The molecular weight excluding hydrogens is 417 g/mol. The molecule has 168 valence electrons. The lowest BCUT2D eigenvalue weighted by molar-refractivity contribution is -0.121. The monoisotopic (exact) mass is 443 g/mol. The van der Waals surface area contributed by atoms with Crippen LogP contribution in [0.4, 0.5) is 4.39 Å². The van der Waals surface area contributed by atoms with Crippen LogP contribution < -0.4 is 4.74 Å². The van der Waals surface area contributed by atoms with E-state index in [9.17, 15) is 14.0 Å². The van der Waals surface area contributed by atoms with Crippen LogP contribution in [0.3, 0.4) is 0 Å². The normalized spacial score (nSPS) is 17.2. The number of carbonyl (C=O) groups is 2. The first-order valence-electron chi connectivity index (χ1n) is 11.5. The molecule has 1 saturated heterocycles. The SMILES string of the molecule is O=C1COc2ccc(C(=O)N3CCC([C@@H](c4ccccc4)c4ccc(F)cc4)CC3)cc2C1. The maximum atomic E-state index is 13.6. The number of benzene rings is 3. The van der Waals surface area contributed by atoms with E-state index in [-0.39, 0.29) is 30.0 Å². The van der Waals surface area contributed by atoms with Crippen molar-refractivity contribution in [1.29, 1.82) is 0 Å². The fraction of sp³-hybridized carbons (Fsp3) is 0.286. The van der Waals surface area contributed by atoms with Crippen molar-refractivity contribution in [1.82, 2.24) is 4.90 Å². The van der Waals surface area contributed by atoms with E-state index >= 15 is 0 Å². The highest BCUT2D eigenvalue weighted by Crippen LogP contribution is 2.38. The Morgan fingerprint density at radius 3 is 2.36 bits per heavy atom. The summed E-state index contributed by atoms with van der Waals surface area (Å²) in [4.78, 5) is 26.8. The Morgan fingerprint density at radius 1 is 0.939 bits per heavy atom. The van der Waals surface area contributed by atoms with E-state index in [2.05, 4.69) is 12.1 Å². The van der Waals surface area contributed by atoms with Crippen molar-refractivity contribution in [2.75, 3.05) is 19.7 Å². The first-order chi connectivity index (χ1) is 16.1. The Morgan fingerprint density at radius 2 is 1.64 bits per heavy atom. The lowest BCUT2D eigenvalue weighted by Crippen LogP contribution is -2.40. The maximum absolute atomic E-state index is 13.6. The fourth-order valence-corrected chi connectivity index (χ4v) is 5.10. The fourth-order valence-electron chi connectivity index (χ4n) is 5.10. The topological polar surface area (TPSA) is 46.6 Å². The molecule has 5 rings (SSSR count). The lowest BCUT2D eigenvalue weighted by Gasteiger charge is -2.37. The average Bonchev–Trinajstić information content (AvgIpc) is 2.85. The summed E-state index contributed by atoms with van der Waals surface area (Å²) in [6.07, 6.45) is 2.05. The molecule has 3 aromatic rings. The van der Waals surface area contributed by atoms with Crippen LogP contribution in [-0.4, -0.2) is 36.3 Å². The van der Waals surface area contributed by atoms with E-state index in [0.717, 1.165) is 24.0 Å². The summed E-state index contributed by atoms with van der Waals surface area (Å²) < 4.78 is 19.0. The van der Waals surface area contributed by atoms with Crippen molar-refractivity contribution in [2.24, 2.45) is 5.92 Å². The number of Topliss-reactive ketones (excluding diaryl/α,β-unsaturated/α-hetero) is 1. The van der Waals surface area contributed by atoms with Crippen LogP contribution in [0.25, 0.3) is 0 Å². The highest BCUT2D eigenvalue weighted by atomic mass is 19.1. The molecule has 1 fully saturated rings. The number of likely N-dealkylation sites (tertiary alicyclic amines) is 1. The number of rotatable bonds is 4. The molecule has 0 bridgehead atoms. The highest BCUT2D eigenvalue weighted by molar-refractivity contribution is 5.95. The largest absolute Gasteiger partial charge is 0.486 e. The molecule has 0 spiro atoms. The Kier molecular flexibility index (Phi) is 5.95. The lowest BCUT2D eigenvalue weighted by atomic mass is 9.76. The summed E-state index contributed by atoms with van der Waals surface area (Å²) in [5.74, 6) is 0.999. The third-order valence-electron chi connectivity index (χ3n) is 6.77. The van der Waals surface area contributed by atoms with Crippen molar-refractivity contribution in [3.63, 3.8) is 0 Å². The molecular formula is C28H26FNO3. The van der Waals surface area contributed by atoms with E-state index in [1.54, 1.807) is 18.2 Å². The minimum Gasteiger partial charge on any atom is -0.486 e. The molecule has 1 amide bonds. The van der Waals surface area contributed by atoms with Crippen LogP contribution in [0.15, 0.2) is 72.8 Å². The molecule has 0 N–H and O–H groups in total. The predicted octanol–water partition coefficient (Wildman–Crippen LogP) is 5.01. The number of nitrogens with zero attached hydrogens (tertiary/aromatic N) is 1. The van der Waals surface area contributed by atoms with Crippen LogP contribution in [0.2, 0.25) is 0 Å². The molecule has 0 aliphatic carbocycles. The van der Waals surface area contributed by atoms with E-state index in [4.69, 9.17) is 4.74 Å². The van der Waals surface area contributed by atoms with Crippen molar-refractivity contribution in [2.45, 2.75) is 25.2 Å². The number of hydrogen-bond donors (Lipinski definition) is 0. The van der Waals surface area contributed by atoms with Crippen molar-refractivity contribution in [3.05, 3.63) is 101 Å². The number of ketones is 1. The number of piperidine rings is 1. The van der Waals surface area contributed by atoms with E-state index in [1.807, 2.05) is 35.2 Å². The molecule has 33 heavy (non-hydrogen) atoms. The van der Waals surface area contributed by atoms with Gasteiger partial charge in [0.1, 0.15) is 18.2 Å². The van der Waals surface area contributed by atoms with Gasteiger partial charge in [0.2, 0.25) is 0 Å². The molecule has 0 radical (unpaired) electrons. The van der Waals surface area contributed by atoms with Gasteiger partial charge >= 0.3 is 0 Å². The summed E-state index contributed by atoms with van der Waals surface area (Å²) >= 11 is 0. The Bertz CT molecular complexity index is 1150. The maximum Gasteiger partial charge on any atom is 0.253 e. The molecule has 5 heteroatoms. The second-order valence-corrected chi connectivity index (χ2v) is 8.90. The summed E-state index contributed by atoms with van der Waals surface area (Å²) in [5, 5.41) is 0. The molecule has 0 saturated carbocycles. The Balaban J connectivity index is 1.32. The smallest absolute Gasteiger partial charge is 0.253 e. The number of ether oxygens (including phenoxy) is 1. The molecule has 3 aromatic carbocycles. The van der Waals surface area contributed by atoms with Gasteiger partial charge in [-0.3, -0.25) is 9.59 Å². The van der Waals surface area contributed by atoms with E-state index < -0.39 is 0 Å². The highest BCUT2D eigenvalue weighted by Gasteiger charge is 2.31. The summed E-state index contributed by atoms with van der Waals surface area (Å²) in [6.45, 7) is 1.44. The standard InChI is InChI=1S/C28H26FNO3/c29-24-9-6-20(7-10-24)27(19-4-2-1-3-5-19)21-12-14-30(15-13-21)28(32)22-8-11-26-23(16-22)17-25(31)18-33-26/h1-11,16,21,27H,12-15,17-18H2/t27-/m0/s1. The molecule has 4 nitrogen and oxygen atoms in total. The molecule has 2 heterocycles. The average molecular weight is 444 g/mol. The van der Waals surface area contributed by atoms with Gasteiger partial charge in [-0.25, -0.2) is 4.39 Å². The zero-order chi connectivity index (χ0) is 22.8. The van der Waals surface area contributed by atoms with Crippen LogP contribution in [0, 0.1) is 11.7 Å². The predicted molar refractivity (Wildman–Crippen MR) is 124 cm³/mol. The van der Waals surface area contributed by atoms with E-state index in [0.29, 0.717) is 36.7 Å². The first kappa shape index (κ1) is 21.4. The zero-order valence-corrected chi connectivity index (χ0v) is 18.4. The van der Waals surface area contributed by atoms with Gasteiger partial charge in [-0.05, 0) is 60.2 Å². The number of hydrogen-bond acceptors (Lipinski definition) is 3. The molecule has 2 aliphatic heterocycles. The second kappa shape index (κ2) is 9.18. The van der Waals surface area contributed by atoms with Gasteiger partial charge in [-0.1, -0.05) is 42.5 Å². The van der Waals surface area contributed by atoms with Gasteiger partial charge < -0.3 is 9.64 Å². The zero-order valence-electron chi connectivity index (χ0n) is 18.4. The molecule has 0 aromatic heterocycles. The van der Waals surface area contributed by atoms with Crippen molar-refractivity contribution >= 4 is 11.7 Å². The molecule has 2 aliphatic rings. The van der Waals surface area contributed by atoms with Gasteiger partial charge in [-0.2, -0.15) is 0 Å². The third-order valence-corrected chi connectivity index (χ3v) is 6.77. The number of fused-ring (bicyclic) bond motifs is 1. The van der Waals surface area contributed by atoms with Gasteiger partial charge in [0.25, 0.3) is 5.91 Å². The minimum absolute atomic E-state index is 0.00712. The first-order valence-corrected chi connectivity index (χ1v) is 11.5. The quantitative estimate of drug-likeness (QED) is 0.569. The summed E-state index contributed by atoms with van der Waals surface area (Å²) in [7, 11) is 0. The van der Waals surface area contributed by atoms with Crippen LogP contribution in [0.1, 0.15) is 45.8 Å². The van der Waals surface area contributed by atoms with Crippen LogP contribution in [-0.2, 0) is 11.2 Å².